The molecule has 0 aliphatic carbocycles. The maximum Gasteiger partial charge on any atom is 0.163 e. The highest BCUT2D eigenvalue weighted by Crippen LogP contribution is 2.28. The van der Waals surface area contributed by atoms with Crippen LogP contribution in [0.25, 0.3) is 0 Å². The Labute approximate surface area is 133 Å². The number of hydrogen-bond donors (Lipinski definition) is 0. The summed E-state index contributed by atoms with van der Waals surface area (Å²) in [4.78, 5) is 11.6. The van der Waals surface area contributed by atoms with E-state index in [0.717, 1.165) is 5.56 Å². The van der Waals surface area contributed by atoms with Crippen LogP contribution in [0.5, 0.6) is 11.5 Å². The van der Waals surface area contributed by atoms with Crippen LogP contribution >= 0.6 is 23.2 Å². The molecule has 0 aromatic heterocycles. The fourth-order valence-corrected chi connectivity index (χ4v) is 2.30. The van der Waals surface area contributed by atoms with Crippen LogP contribution in [-0.2, 0) is 6.61 Å². The van der Waals surface area contributed by atoms with E-state index >= 15 is 0 Å². The van der Waals surface area contributed by atoms with Gasteiger partial charge in [0.2, 0.25) is 0 Å². The van der Waals surface area contributed by atoms with Crippen LogP contribution in [0.4, 0.5) is 0 Å². The van der Waals surface area contributed by atoms with Crippen molar-refractivity contribution in [3.63, 3.8) is 0 Å². The summed E-state index contributed by atoms with van der Waals surface area (Å²) >= 11 is 12.0. The summed E-state index contributed by atoms with van der Waals surface area (Å²) in [6, 6.07) is 10.3. The number of carbonyl (C=O) groups excluding carboxylic acids is 1. The summed E-state index contributed by atoms with van der Waals surface area (Å²) < 4.78 is 10.9. The van der Waals surface area contributed by atoms with Gasteiger partial charge in [0.15, 0.2) is 5.78 Å². The number of benzene rings is 2. The van der Waals surface area contributed by atoms with Gasteiger partial charge in [-0.05, 0) is 31.2 Å². The molecule has 0 spiro atoms. The number of hydrogen-bond acceptors (Lipinski definition) is 3. The zero-order chi connectivity index (χ0) is 15.4. The number of ether oxygens (including phenoxy) is 2. The molecular weight excluding hydrogens is 311 g/mol. The second-order valence-electron chi connectivity index (χ2n) is 4.44. The first-order valence-corrected chi connectivity index (χ1v) is 7.02. The number of halogens is 2. The summed E-state index contributed by atoms with van der Waals surface area (Å²) in [7, 11) is 1.56. The molecule has 21 heavy (non-hydrogen) atoms. The Kier molecular flexibility index (Phi) is 5.10. The van der Waals surface area contributed by atoms with Gasteiger partial charge in [-0.25, -0.2) is 0 Å². The number of Topliss-reactive ketones (excluding diaryl/α,β-unsaturated/α-hetero) is 1. The third kappa shape index (κ3) is 3.90. The van der Waals surface area contributed by atoms with Gasteiger partial charge in [-0.15, -0.1) is 0 Å². The Morgan fingerprint density at radius 1 is 1.14 bits per heavy atom. The average Bonchev–Trinajstić information content (AvgIpc) is 2.45. The zero-order valence-electron chi connectivity index (χ0n) is 11.7. The van der Waals surface area contributed by atoms with E-state index in [1.54, 1.807) is 43.5 Å². The van der Waals surface area contributed by atoms with Crippen LogP contribution in [0, 0.1) is 0 Å². The highest BCUT2D eigenvalue weighted by atomic mass is 35.5. The lowest BCUT2D eigenvalue weighted by Gasteiger charge is -2.12. The van der Waals surface area contributed by atoms with E-state index in [0.29, 0.717) is 27.1 Å². The van der Waals surface area contributed by atoms with Crippen molar-refractivity contribution >= 4 is 29.0 Å². The normalized spacial score (nSPS) is 10.3. The molecule has 0 radical (unpaired) electrons. The minimum absolute atomic E-state index is 0.0742. The molecule has 0 unspecified atom stereocenters. The number of carbonyl (C=O) groups is 1. The van der Waals surface area contributed by atoms with Crippen molar-refractivity contribution in [1.82, 2.24) is 0 Å². The Morgan fingerprint density at radius 2 is 1.90 bits per heavy atom. The molecule has 3 nitrogen and oxygen atoms in total. The molecule has 0 atom stereocenters. The molecule has 110 valence electrons. The number of rotatable bonds is 5. The molecule has 5 heteroatoms. The van der Waals surface area contributed by atoms with Crippen molar-refractivity contribution in [2.24, 2.45) is 0 Å². The van der Waals surface area contributed by atoms with Crippen LogP contribution in [0.15, 0.2) is 36.4 Å². The standard InChI is InChI=1S/C16H14Cl2O3/c1-10(19)14-6-5-13(20-2)8-16(14)21-9-11-3-4-12(17)7-15(11)18/h3-8H,9H2,1-2H3. The average molecular weight is 325 g/mol. The molecule has 2 aromatic rings. The van der Waals surface area contributed by atoms with Crippen molar-refractivity contribution < 1.29 is 14.3 Å². The molecule has 0 N–H and O–H groups in total. The van der Waals surface area contributed by atoms with Gasteiger partial charge in [-0.1, -0.05) is 29.3 Å². The third-order valence-electron chi connectivity index (χ3n) is 2.97. The molecule has 2 rings (SSSR count). The quantitative estimate of drug-likeness (QED) is 0.742. The largest absolute Gasteiger partial charge is 0.497 e. The van der Waals surface area contributed by atoms with Crippen LogP contribution < -0.4 is 9.47 Å². The predicted octanol–water partition coefficient (Wildman–Crippen LogP) is 4.78. The maximum atomic E-state index is 11.6. The molecule has 0 aliphatic heterocycles. The molecule has 0 saturated carbocycles. The Bertz CT molecular complexity index is 669. The van der Waals surface area contributed by atoms with Crippen molar-refractivity contribution in [3.8, 4) is 11.5 Å². The SMILES string of the molecule is COc1ccc(C(C)=O)c(OCc2ccc(Cl)cc2Cl)c1. The van der Waals surface area contributed by atoms with Crippen molar-refractivity contribution in [2.45, 2.75) is 13.5 Å². The van der Waals surface area contributed by atoms with Crippen molar-refractivity contribution in [2.75, 3.05) is 7.11 Å². The van der Waals surface area contributed by atoms with E-state index in [4.69, 9.17) is 32.7 Å². The van der Waals surface area contributed by atoms with Gasteiger partial charge in [-0.3, -0.25) is 4.79 Å². The topological polar surface area (TPSA) is 35.5 Å². The first kappa shape index (κ1) is 15.7. The van der Waals surface area contributed by atoms with Crippen LogP contribution in [-0.4, -0.2) is 12.9 Å². The molecule has 2 aromatic carbocycles. The lowest BCUT2D eigenvalue weighted by atomic mass is 10.1. The Balaban J connectivity index is 2.24. The van der Waals surface area contributed by atoms with Gasteiger partial charge in [-0.2, -0.15) is 0 Å². The molecule has 0 fully saturated rings. The van der Waals surface area contributed by atoms with Gasteiger partial charge < -0.3 is 9.47 Å². The molecule has 0 bridgehead atoms. The van der Waals surface area contributed by atoms with Crippen LogP contribution in [0.1, 0.15) is 22.8 Å². The monoisotopic (exact) mass is 324 g/mol. The highest BCUT2D eigenvalue weighted by molar-refractivity contribution is 6.35. The lowest BCUT2D eigenvalue weighted by Crippen LogP contribution is -2.02. The minimum Gasteiger partial charge on any atom is -0.497 e. The van der Waals surface area contributed by atoms with E-state index in [1.807, 2.05) is 0 Å². The van der Waals surface area contributed by atoms with Crippen LogP contribution in [0.3, 0.4) is 0 Å². The summed E-state index contributed by atoms with van der Waals surface area (Å²) in [5.74, 6) is 1.01. The smallest absolute Gasteiger partial charge is 0.163 e. The second kappa shape index (κ2) is 6.83. The van der Waals surface area contributed by atoms with E-state index in [9.17, 15) is 4.79 Å². The number of ketones is 1. The van der Waals surface area contributed by atoms with Crippen molar-refractivity contribution in [1.29, 1.82) is 0 Å². The van der Waals surface area contributed by atoms with Crippen molar-refractivity contribution in [3.05, 3.63) is 57.6 Å². The maximum absolute atomic E-state index is 11.6. The van der Waals surface area contributed by atoms with E-state index in [1.165, 1.54) is 6.92 Å². The second-order valence-corrected chi connectivity index (χ2v) is 5.29. The van der Waals surface area contributed by atoms with Gasteiger partial charge in [0.1, 0.15) is 18.1 Å². The predicted molar refractivity (Wildman–Crippen MR) is 83.8 cm³/mol. The summed E-state index contributed by atoms with van der Waals surface area (Å²) in [6.07, 6.45) is 0. The Hall–Kier alpha value is -1.71. The first-order chi connectivity index (χ1) is 10.0. The fourth-order valence-electron chi connectivity index (χ4n) is 1.83. The van der Waals surface area contributed by atoms with Gasteiger partial charge >= 0.3 is 0 Å². The summed E-state index contributed by atoms with van der Waals surface area (Å²) in [5, 5.41) is 1.09. The highest BCUT2D eigenvalue weighted by Gasteiger charge is 2.11. The molecule has 0 heterocycles. The first-order valence-electron chi connectivity index (χ1n) is 6.27. The summed E-state index contributed by atoms with van der Waals surface area (Å²) in [6.45, 7) is 1.73. The van der Waals surface area contributed by atoms with E-state index in [2.05, 4.69) is 0 Å². The summed E-state index contributed by atoms with van der Waals surface area (Å²) in [5.41, 5.74) is 1.29. The van der Waals surface area contributed by atoms with Gasteiger partial charge in [0.05, 0.1) is 12.7 Å². The zero-order valence-corrected chi connectivity index (χ0v) is 13.2. The minimum atomic E-state index is -0.0742. The van der Waals surface area contributed by atoms with E-state index in [-0.39, 0.29) is 12.4 Å². The Morgan fingerprint density at radius 3 is 2.52 bits per heavy atom. The molecular formula is C16H14Cl2O3. The van der Waals surface area contributed by atoms with Gasteiger partial charge in [0, 0.05) is 21.7 Å². The molecule has 0 saturated heterocycles. The van der Waals surface area contributed by atoms with Gasteiger partial charge in [0.25, 0.3) is 0 Å². The number of methoxy groups -OCH3 is 1. The fraction of sp³-hybridized carbons (Fsp3) is 0.188. The van der Waals surface area contributed by atoms with Crippen LogP contribution in [0.2, 0.25) is 10.0 Å². The van der Waals surface area contributed by atoms with E-state index < -0.39 is 0 Å². The molecule has 0 aliphatic rings. The molecule has 0 amide bonds. The third-order valence-corrected chi connectivity index (χ3v) is 3.55. The lowest BCUT2D eigenvalue weighted by molar-refractivity contribution is 0.101.